The van der Waals surface area contributed by atoms with Gasteiger partial charge in [-0.2, -0.15) is 0 Å². The largest absolute Gasteiger partial charge is 0.480 e. The molecule has 110 valence electrons. The van der Waals surface area contributed by atoms with Crippen molar-refractivity contribution in [1.29, 1.82) is 0 Å². The summed E-state index contributed by atoms with van der Waals surface area (Å²) >= 11 is 0. The molecule has 1 heterocycles. The fraction of sp³-hybridized carbons (Fsp3) is 0.846. The molecule has 2 atom stereocenters. The first-order chi connectivity index (χ1) is 8.90. The molecule has 0 aromatic carbocycles. The molecule has 1 aliphatic rings. The summed E-state index contributed by atoms with van der Waals surface area (Å²) < 4.78 is 5.51. The van der Waals surface area contributed by atoms with Crippen molar-refractivity contribution in [1.82, 2.24) is 10.2 Å². The summed E-state index contributed by atoms with van der Waals surface area (Å²) in [5.74, 6) is -0.774. The molecule has 0 aromatic heterocycles. The van der Waals surface area contributed by atoms with E-state index in [1.165, 1.54) is 4.90 Å². The summed E-state index contributed by atoms with van der Waals surface area (Å²) in [6, 6.07) is -0.433. The minimum absolute atomic E-state index is 0.0367. The number of carboxylic acids is 1. The Hall–Kier alpha value is -1.30. The predicted octanol–water partition coefficient (Wildman–Crippen LogP) is 1.31. The molecule has 19 heavy (non-hydrogen) atoms. The quantitative estimate of drug-likeness (QED) is 0.764. The number of hydrogen-bond donors (Lipinski definition) is 2. The third-order valence-corrected chi connectivity index (χ3v) is 3.07. The number of ether oxygens (including phenoxy) is 1. The number of carboxylic acid groups (broad SMARTS) is 1. The smallest absolute Gasteiger partial charge is 0.323 e. The van der Waals surface area contributed by atoms with Crippen molar-refractivity contribution in [3.8, 4) is 0 Å². The lowest BCUT2D eigenvalue weighted by atomic mass is 10.1. The maximum atomic E-state index is 12.1. The van der Waals surface area contributed by atoms with Gasteiger partial charge in [-0.3, -0.25) is 4.79 Å². The summed E-state index contributed by atoms with van der Waals surface area (Å²) in [6.45, 7) is 6.67. The number of carbonyl (C=O) groups is 2. The van der Waals surface area contributed by atoms with Crippen LogP contribution in [0.1, 0.15) is 33.6 Å². The average molecular weight is 272 g/mol. The molecular formula is C13H24N2O4. The fourth-order valence-corrected chi connectivity index (χ4v) is 2.20. The van der Waals surface area contributed by atoms with Crippen LogP contribution in [0.5, 0.6) is 0 Å². The van der Waals surface area contributed by atoms with Crippen molar-refractivity contribution in [2.45, 2.75) is 45.8 Å². The Kier molecular flexibility index (Phi) is 6.08. The highest BCUT2D eigenvalue weighted by Gasteiger charge is 2.26. The normalized spacial score (nSPS) is 20.3. The van der Waals surface area contributed by atoms with Gasteiger partial charge in [0.2, 0.25) is 0 Å². The molecule has 0 bridgehead atoms. The maximum Gasteiger partial charge on any atom is 0.323 e. The summed E-state index contributed by atoms with van der Waals surface area (Å²) in [5.41, 5.74) is 0. The number of rotatable bonds is 6. The van der Waals surface area contributed by atoms with Crippen LogP contribution < -0.4 is 5.32 Å². The number of nitrogens with one attached hydrogen (secondary N) is 1. The van der Waals surface area contributed by atoms with Crippen molar-refractivity contribution < 1.29 is 19.4 Å². The van der Waals surface area contributed by atoms with E-state index in [2.05, 4.69) is 5.32 Å². The first kappa shape index (κ1) is 15.8. The van der Waals surface area contributed by atoms with Gasteiger partial charge in [0.25, 0.3) is 0 Å². The first-order valence-corrected chi connectivity index (χ1v) is 6.79. The molecular weight excluding hydrogens is 248 g/mol. The third-order valence-electron chi connectivity index (χ3n) is 3.07. The van der Waals surface area contributed by atoms with E-state index in [1.807, 2.05) is 20.8 Å². The molecule has 0 aromatic rings. The zero-order valence-corrected chi connectivity index (χ0v) is 11.9. The van der Waals surface area contributed by atoms with Crippen LogP contribution in [0.25, 0.3) is 0 Å². The Morgan fingerprint density at radius 1 is 1.42 bits per heavy atom. The molecule has 1 rings (SSSR count). The van der Waals surface area contributed by atoms with Crippen LogP contribution >= 0.6 is 0 Å². The van der Waals surface area contributed by atoms with Crippen LogP contribution in [0.4, 0.5) is 4.79 Å². The molecule has 6 heteroatoms. The van der Waals surface area contributed by atoms with Crippen molar-refractivity contribution in [3.05, 3.63) is 0 Å². The molecule has 0 radical (unpaired) electrons. The van der Waals surface area contributed by atoms with Crippen molar-refractivity contribution in [2.24, 2.45) is 5.92 Å². The molecule has 1 fully saturated rings. The lowest BCUT2D eigenvalue weighted by Crippen LogP contribution is -2.50. The molecule has 2 amide bonds. The topological polar surface area (TPSA) is 78.9 Å². The second kappa shape index (κ2) is 7.33. The van der Waals surface area contributed by atoms with Crippen LogP contribution in [0.3, 0.4) is 0 Å². The van der Waals surface area contributed by atoms with Crippen molar-refractivity contribution in [3.63, 3.8) is 0 Å². The Morgan fingerprint density at radius 2 is 2.11 bits per heavy atom. The average Bonchev–Trinajstić information content (AvgIpc) is 2.79. The molecule has 0 spiro atoms. The number of carbonyl (C=O) groups excluding carboxylic acids is 1. The Bertz CT molecular complexity index is 314. The van der Waals surface area contributed by atoms with Crippen LogP contribution in [0.2, 0.25) is 0 Å². The lowest BCUT2D eigenvalue weighted by Gasteiger charge is -2.27. The Morgan fingerprint density at radius 3 is 2.58 bits per heavy atom. The van der Waals surface area contributed by atoms with Gasteiger partial charge >= 0.3 is 12.0 Å². The van der Waals surface area contributed by atoms with Gasteiger partial charge in [0.1, 0.15) is 6.54 Å². The SMILES string of the molecule is CC(C)CN(CC(=O)O)C(=O)NC(C)C1CCCO1. The van der Waals surface area contributed by atoms with Gasteiger partial charge in [0.15, 0.2) is 0 Å². The molecule has 0 aliphatic carbocycles. The van der Waals surface area contributed by atoms with Crippen LogP contribution in [-0.4, -0.2) is 53.8 Å². The lowest BCUT2D eigenvalue weighted by molar-refractivity contribution is -0.137. The minimum Gasteiger partial charge on any atom is -0.480 e. The van der Waals surface area contributed by atoms with Crippen LogP contribution in [0.15, 0.2) is 0 Å². The number of nitrogens with zero attached hydrogens (tertiary/aromatic N) is 1. The molecule has 6 nitrogen and oxygen atoms in total. The second-order valence-corrected chi connectivity index (χ2v) is 5.46. The van der Waals surface area contributed by atoms with E-state index in [9.17, 15) is 9.59 Å². The number of hydrogen-bond acceptors (Lipinski definition) is 3. The summed E-state index contributed by atoms with van der Waals surface area (Å²) in [6.07, 6.45) is 1.98. The Labute approximate surface area is 114 Å². The Balaban J connectivity index is 2.52. The van der Waals surface area contributed by atoms with Crippen molar-refractivity contribution >= 4 is 12.0 Å². The third kappa shape index (κ3) is 5.46. The second-order valence-electron chi connectivity index (χ2n) is 5.46. The van der Waals surface area contributed by atoms with E-state index in [0.717, 1.165) is 19.4 Å². The first-order valence-electron chi connectivity index (χ1n) is 6.79. The highest BCUT2D eigenvalue weighted by Crippen LogP contribution is 2.15. The van der Waals surface area contributed by atoms with Gasteiger partial charge in [-0.15, -0.1) is 0 Å². The van der Waals surface area contributed by atoms with Gasteiger partial charge in [-0.25, -0.2) is 4.79 Å². The van der Waals surface area contributed by atoms with E-state index in [1.54, 1.807) is 0 Å². The van der Waals surface area contributed by atoms with Gasteiger partial charge in [-0.1, -0.05) is 13.8 Å². The fourth-order valence-electron chi connectivity index (χ4n) is 2.20. The zero-order valence-electron chi connectivity index (χ0n) is 11.9. The minimum atomic E-state index is -0.999. The number of urea groups is 1. The predicted molar refractivity (Wildman–Crippen MR) is 71.0 cm³/mol. The number of aliphatic carboxylic acids is 1. The maximum absolute atomic E-state index is 12.1. The van der Waals surface area contributed by atoms with Crippen molar-refractivity contribution in [2.75, 3.05) is 19.7 Å². The van der Waals surface area contributed by atoms with Gasteiger partial charge in [-0.05, 0) is 25.7 Å². The van der Waals surface area contributed by atoms with Gasteiger partial charge in [0.05, 0.1) is 12.1 Å². The summed E-state index contributed by atoms with van der Waals surface area (Å²) in [4.78, 5) is 24.2. The van der Waals surface area contributed by atoms with E-state index < -0.39 is 5.97 Å². The van der Waals surface area contributed by atoms with Crippen LogP contribution in [0, 0.1) is 5.92 Å². The highest BCUT2D eigenvalue weighted by atomic mass is 16.5. The molecule has 1 aliphatic heterocycles. The van der Waals surface area contributed by atoms with E-state index in [-0.39, 0.29) is 30.6 Å². The van der Waals surface area contributed by atoms with E-state index in [0.29, 0.717) is 6.54 Å². The molecule has 2 N–H and O–H groups in total. The number of amides is 2. The monoisotopic (exact) mass is 272 g/mol. The standard InChI is InChI=1S/C13H24N2O4/c1-9(2)7-15(8-12(16)17)13(18)14-10(3)11-5-4-6-19-11/h9-11H,4-8H2,1-3H3,(H,14,18)(H,16,17). The highest BCUT2D eigenvalue weighted by molar-refractivity contribution is 5.80. The van der Waals surface area contributed by atoms with Gasteiger partial charge < -0.3 is 20.1 Å². The van der Waals surface area contributed by atoms with E-state index >= 15 is 0 Å². The molecule has 2 unspecified atom stereocenters. The van der Waals surface area contributed by atoms with Gasteiger partial charge in [0, 0.05) is 13.2 Å². The summed E-state index contributed by atoms with van der Waals surface area (Å²) in [5, 5.41) is 11.7. The molecule has 0 saturated carbocycles. The molecule has 1 saturated heterocycles. The summed E-state index contributed by atoms with van der Waals surface area (Å²) in [7, 11) is 0. The van der Waals surface area contributed by atoms with E-state index in [4.69, 9.17) is 9.84 Å². The zero-order chi connectivity index (χ0) is 14.4. The van der Waals surface area contributed by atoms with Crippen LogP contribution in [-0.2, 0) is 9.53 Å².